The zero-order chi connectivity index (χ0) is 16.4. The molecule has 120 valence electrons. The molecule has 3 aromatic rings. The Kier molecular flexibility index (Phi) is 4.01. The Bertz CT molecular complexity index is 890. The van der Waals surface area contributed by atoms with Crippen LogP contribution in [0.15, 0.2) is 45.7 Å². The van der Waals surface area contributed by atoms with Gasteiger partial charge in [0.2, 0.25) is 0 Å². The highest BCUT2D eigenvalue weighted by Gasteiger charge is 2.17. The average Bonchev–Trinajstić information content (AvgIpc) is 3.10. The van der Waals surface area contributed by atoms with Gasteiger partial charge in [-0.1, -0.05) is 19.1 Å². The molecule has 0 unspecified atom stereocenters. The molecule has 0 bridgehead atoms. The van der Waals surface area contributed by atoms with Crippen LogP contribution >= 0.6 is 0 Å². The molecule has 3 rings (SSSR count). The van der Waals surface area contributed by atoms with Crippen LogP contribution in [0.2, 0.25) is 0 Å². The highest BCUT2D eigenvalue weighted by molar-refractivity contribution is 5.92. The second-order valence-electron chi connectivity index (χ2n) is 5.40. The van der Waals surface area contributed by atoms with Crippen LogP contribution in [0.4, 0.5) is 0 Å². The van der Waals surface area contributed by atoms with Gasteiger partial charge in [0.1, 0.15) is 5.69 Å². The molecule has 1 atom stereocenters. The molecule has 2 heterocycles. The second kappa shape index (κ2) is 6.12. The van der Waals surface area contributed by atoms with Crippen LogP contribution in [-0.4, -0.2) is 26.3 Å². The van der Waals surface area contributed by atoms with E-state index in [0.717, 1.165) is 5.52 Å². The smallest absolute Gasteiger partial charge is 0.408 e. The predicted molar refractivity (Wildman–Crippen MR) is 85.2 cm³/mol. The summed E-state index contributed by atoms with van der Waals surface area (Å²) in [4.78, 5) is 24.2. The Morgan fingerprint density at radius 2 is 2.13 bits per heavy atom. The van der Waals surface area contributed by atoms with Crippen molar-refractivity contribution in [2.24, 2.45) is 7.05 Å². The molecule has 2 aromatic heterocycles. The van der Waals surface area contributed by atoms with Gasteiger partial charge in [-0.2, -0.15) is 5.10 Å². The first-order chi connectivity index (χ1) is 11.1. The van der Waals surface area contributed by atoms with Crippen molar-refractivity contribution in [3.8, 4) is 0 Å². The Hall–Kier alpha value is -2.83. The predicted octanol–water partition coefficient (Wildman–Crippen LogP) is 1.54. The number of hydrogen-bond acceptors (Lipinski definition) is 4. The summed E-state index contributed by atoms with van der Waals surface area (Å²) in [5, 5.41) is 6.99. The number of carbonyl (C=O) groups excluding carboxylic acids is 1. The van der Waals surface area contributed by atoms with Gasteiger partial charge in [0.05, 0.1) is 5.52 Å². The second-order valence-corrected chi connectivity index (χ2v) is 5.40. The monoisotopic (exact) mass is 314 g/mol. The lowest BCUT2D eigenvalue weighted by Gasteiger charge is -2.16. The Morgan fingerprint density at radius 3 is 2.83 bits per heavy atom. The summed E-state index contributed by atoms with van der Waals surface area (Å²) in [6, 6.07) is 8.70. The largest absolute Gasteiger partial charge is 0.420 e. The molecule has 0 fully saturated rings. The third-order valence-electron chi connectivity index (χ3n) is 3.75. The molecule has 0 saturated heterocycles. The Labute approximate surface area is 132 Å². The molecule has 0 aliphatic heterocycles. The molecule has 0 aliphatic rings. The molecule has 1 aromatic carbocycles. The van der Waals surface area contributed by atoms with Gasteiger partial charge in [0.15, 0.2) is 5.58 Å². The number of carbonyl (C=O) groups is 1. The number of rotatable bonds is 5. The van der Waals surface area contributed by atoms with Crippen LogP contribution in [0.1, 0.15) is 23.8 Å². The van der Waals surface area contributed by atoms with Gasteiger partial charge in [-0.25, -0.2) is 4.79 Å². The number of oxazole rings is 1. The van der Waals surface area contributed by atoms with Gasteiger partial charge in [0, 0.05) is 25.8 Å². The molecule has 0 saturated carbocycles. The van der Waals surface area contributed by atoms with E-state index in [0.29, 0.717) is 24.2 Å². The number of benzene rings is 1. The number of para-hydroxylation sites is 2. The summed E-state index contributed by atoms with van der Waals surface area (Å²) in [5.74, 6) is -0.671. The first-order valence-electron chi connectivity index (χ1n) is 7.47. The maximum atomic E-state index is 12.2. The van der Waals surface area contributed by atoms with Gasteiger partial charge in [0.25, 0.3) is 5.91 Å². The SMILES string of the molecule is CC[C@H](Cn1c(=O)oc2ccccc21)NC(=O)c1ccn(C)n1. The molecule has 23 heavy (non-hydrogen) atoms. The topological polar surface area (TPSA) is 82.1 Å². The van der Waals surface area contributed by atoms with Crippen LogP contribution in [0, 0.1) is 0 Å². The highest BCUT2D eigenvalue weighted by Crippen LogP contribution is 2.12. The molecule has 1 N–H and O–H groups in total. The average molecular weight is 314 g/mol. The fraction of sp³-hybridized carbons (Fsp3) is 0.312. The molecule has 0 spiro atoms. The molecule has 1 amide bonds. The van der Waals surface area contributed by atoms with E-state index < -0.39 is 5.76 Å². The number of aryl methyl sites for hydroxylation is 1. The normalized spacial score (nSPS) is 12.4. The maximum Gasteiger partial charge on any atom is 0.420 e. The summed E-state index contributed by atoms with van der Waals surface area (Å²) in [6.07, 6.45) is 2.40. The van der Waals surface area contributed by atoms with E-state index in [2.05, 4.69) is 10.4 Å². The fourth-order valence-corrected chi connectivity index (χ4v) is 2.48. The third kappa shape index (κ3) is 3.03. The standard InChI is InChI=1S/C16H18N4O3/c1-3-11(17-15(21)12-8-9-19(2)18-12)10-20-13-6-4-5-7-14(13)23-16(20)22/h4-9,11H,3,10H2,1-2H3,(H,17,21)/t11-/m1/s1. The molecular formula is C16H18N4O3. The number of hydrogen-bond donors (Lipinski definition) is 1. The number of nitrogens with one attached hydrogen (secondary N) is 1. The zero-order valence-electron chi connectivity index (χ0n) is 13.0. The van der Waals surface area contributed by atoms with Crippen LogP contribution in [0.25, 0.3) is 11.1 Å². The van der Waals surface area contributed by atoms with E-state index in [4.69, 9.17) is 4.42 Å². The van der Waals surface area contributed by atoms with E-state index in [1.807, 2.05) is 25.1 Å². The minimum absolute atomic E-state index is 0.191. The van der Waals surface area contributed by atoms with E-state index in [1.54, 1.807) is 34.6 Å². The van der Waals surface area contributed by atoms with Gasteiger partial charge in [-0.15, -0.1) is 0 Å². The minimum atomic E-state index is -0.420. The zero-order valence-corrected chi connectivity index (χ0v) is 13.0. The van der Waals surface area contributed by atoms with Crippen molar-refractivity contribution in [3.05, 3.63) is 52.8 Å². The maximum absolute atomic E-state index is 12.2. The van der Waals surface area contributed by atoms with Crippen molar-refractivity contribution < 1.29 is 9.21 Å². The fourth-order valence-electron chi connectivity index (χ4n) is 2.48. The first-order valence-corrected chi connectivity index (χ1v) is 7.47. The summed E-state index contributed by atoms with van der Waals surface area (Å²) in [6.45, 7) is 2.31. The number of fused-ring (bicyclic) bond motifs is 1. The van der Waals surface area contributed by atoms with E-state index in [-0.39, 0.29) is 11.9 Å². The van der Waals surface area contributed by atoms with E-state index in [1.165, 1.54) is 0 Å². The molecule has 7 nitrogen and oxygen atoms in total. The van der Waals surface area contributed by atoms with E-state index >= 15 is 0 Å². The minimum Gasteiger partial charge on any atom is -0.408 e. The summed E-state index contributed by atoms with van der Waals surface area (Å²) in [5.41, 5.74) is 1.63. The van der Waals surface area contributed by atoms with Crippen molar-refractivity contribution >= 4 is 17.0 Å². The van der Waals surface area contributed by atoms with Gasteiger partial charge in [-0.05, 0) is 24.6 Å². The summed E-state index contributed by atoms with van der Waals surface area (Å²) < 4.78 is 8.33. The lowest BCUT2D eigenvalue weighted by Crippen LogP contribution is -2.39. The highest BCUT2D eigenvalue weighted by atomic mass is 16.4. The number of nitrogens with zero attached hydrogens (tertiary/aromatic N) is 3. The van der Waals surface area contributed by atoms with Crippen LogP contribution in [0.5, 0.6) is 0 Å². The first kappa shape index (κ1) is 15.1. The van der Waals surface area contributed by atoms with Crippen LogP contribution in [-0.2, 0) is 13.6 Å². The molecule has 7 heteroatoms. The van der Waals surface area contributed by atoms with Gasteiger partial charge < -0.3 is 9.73 Å². The van der Waals surface area contributed by atoms with Crippen LogP contribution in [0.3, 0.4) is 0 Å². The van der Waals surface area contributed by atoms with Crippen LogP contribution < -0.4 is 11.1 Å². The molecular weight excluding hydrogens is 296 g/mol. The van der Waals surface area contributed by atoms with Crippen molar-refractivity contribution in [1.29, 1.82) is 0 Å². The van der Waals surface area contributed by atoms with E-state index in [9.17, 15) is 9.59 Å². The van der Waals surface area contributed by atoms with Crippen molar-refractivity contribution in [2.75, 3.05) is 0 Å². The molecule has 0 aliphatic carbocycles. The number of aromatic nitrogens is 3. The van der Waals surface area contributed by atoms with Gasteiger partial charge in [-0.3, -0.25) is 14.0 Å². The van der Waals surface area contributed by atoms with Crippen molar-refractivity contribution in [2.45, 2.75) is 25.9 Å². The van der Waals surface area contributed by atoms with Crippen molar-refractivity contribution in [1.82, 2.24) is 19.7 Å². The lowest BCUT2D eigenvalue weighted by atomic mass is 10.2. The Morgan fingerprint density at radius 1 is 1.35 bits per heavy atom. The Balaban J connectivity index is 1.80. The summed E-state index contributed by atoms with van der Waals surface area (Å²) >= 11 is 0. The van der Waals surface area contributed by atoms with Crippen molar-refractivity contribution in [3.63, 3.8) is 0 Å². The quantitative estimate of drug-likeness (QED) is 0.774. The molecule has 0 radical (unpaired) electrons. The summed E-state index contributed by atoms with van der Waals surface area (Å²) in [7, 11) is 1.76. The van der Waals surface area contributed by atoms with Gasteiger partial charge >= 0.3 is 5.76 Å². The lowest BCUT2D eigenvalue weighted by molar-refractivity contribution is 0.0925. The third-order valence-corrected chi connectivity index (χ3v) is 3.75. The number of amides is 1.